The molecule has 0 atom stereocenters. The lowest BCUT2D eigenvalue weighted by molar-refractivity contribution is 0.0580. The molecule has 1 rings (SSSR count). The fourth-order valence-electron chi connectivity index (χ4n) is 4.14. The van der Waals surface area contributed by atoms with E-state index in [2.05, 4.69) is 41.5 Å². The second-order valence-electron chi connectivity index (χ2n) is 7.71. The van der Waals surface area contributed by atoms with Crippen LogP contribution in [0.3, 0.4) is 0 Å². The van der Waals surface area contributed by atoms with Crippen LogP contribution in [0.5, 0.6) is 0 Å². The third-order valence-corrected chi connectivity index (χ3v) is 11.8. The largest absolute Gasteiger partial charge is 0.416 e. The Morgan fingerprint density at radius 1 is 1.00 bits per heavy atom. The number of hydrogen-bond donors (Lipinski definition) is 0. The van der Waals surface area contributed by atoms with Crippen LogP contribution in [-0.4, -0.2) is 35.7 Å². The van der Waals surface area contributed by atoms with Gasteiger partial charge in [-0.15, -0.1) is 0 Å². The van der Waals surface area contributed by atoms with Crippen LogP contribution in [0, 0.1) is 5.92 Å². The highest BCUT2D eigenvalue weighted by Gasteiger charge is 2.45. The molecule has 0 spiro atoms. The van der Waals surface area contributed by atoms with Crippen LogP contribution in [0.4, 0.5) is 0 Å². The summed E-state index contributed by atoms with van der Waals surface area (Å²) in [6, 6.07) is 0. The van der Waals surface area contributed by atoms with Crippen LogP contribution >= 0.6 is 0 Å². The van der Waals surface area contributed by atoms with Crippen molar-refractivity contribution in [3.63, 3.8) is 0 Å². The van der Waals surface area contributed by atoms with Crippen molar-refractivity contribution in [3.05, 3.63) is 0 Å². The SMILES string of the molecule is CC(C)[Si](OCC[C@H]1C[C@H](OS(C)(=O)=O)C1)(C(C)C)C(C)C. The van der Waals surface area contributed by atoms with Gasteiger partial charge in [0.15, 0.2) is 8.32 Å². The molecule has 1 fully saturated rings. The molecule has 0 aromatic carbocycles. The average molecular weight is 351 g/mol. The first-order chi connectivity index (χ1) is 9.99. The van der Waals surface area contributed by atoms with E-state index in [1.807, 2.05) is 0 Å². The van der Waals surface area contributed by atoms with Gasteiger partial charge in [0, 0.05) is 6.61 Å². The van der Waals surface area contributed by atoms with Crippen molar-refractivity contribution in [2.24, 2.45) is 5.92 Å². The minimum atomic E-state index is -3.31. The Morgan fingerprint density at radius 2 is 1.45 bits per heavy atom. The summed E-state index contributed by atoms with van der Waals surface area (Å²) >= 11 is 0. The van der Waals surface area contributed by atoms with Gasteiger partial charge < -0.3 is 4.43 Å². The summed E-state index contributed by atoms with van der Waals surface area (Å²) < 4.78 is 33.7. The van der Waals surface area contributed by atoms with Gasteiger partial charge in [-0.1, -0.05) is 41.5 Å². The van der Waals surface area contributed by atoms with E-state index in [1.54, 1.807) is 0 Å². The molecule has 0 heterocycles. The van der Waals surface area contributed by atoms with E-state index in [-0.39, 0.29) is 6.10 Å². The Balaban J connectivity index is 2.43. The fraction of sp³-hybridized carbons (Fsp3) is 1.00. The molecule has 0 radical (unpaired) electrons. The van der Waals surface area contributed by atoms with E-state index in [4.69, 9.17) is 8.61 Å². The Morgan fingerprint density at radius 3 is 1.82 bits per heavy atom. The number of hydrogen-bond acceptors (Lipinski definition) is 4. The fourth-order valence-corrected chi connectivity index (χ4v) is 10.3. The Hall–Kier alpha value is 0.0869. The molecule has 132 valence electrons. The third kappa shape index (κ3) is 5.04. The normalized spacial score (nSPS) is 23.4. The molecule has 0 aliphatic heterocycles. The van der Waals surface area contributed by atoms with Gasteiger partial charge in [0.1, 0.15) is 0 Å². The lowest BCUT2D eigenvalue weighted by Crippen LogP contribution is -2.48. The average Bonchev–Trinajstić information content (AvgIpc) is 2.27. The molecular weight excluding hydrogens is 316 g/mol. The molecule has 4 nitrogen and oxygen atoms in total. The zero-order valence-corrected chi connectivity index (χ0v) is 17.1. The lowest BCUT2D eigenvalue weighted by atomic mass is 9.80. The Bertz CT molecular complexity index is 417. The first-order valence-electron chi connectivity index (χ1n) is 8.51. The summed E-state index contributed by atoms with van der Waals surface area (Å²) in [4.78, 5) is 0. The Kier molecular flexibility index (Phi) is 7.11. The van der Waals surface area contributed by atoms with E-state index < -0.39 is 18.4 Å². The Labute approximate surface area is 138 Å². The van der Waals surface area contributed by atoms with Gasteiger partial charge in [-0.2, -0.15) is 8.42 Å². The van der Waals surface area contributed by atoms with Crippen molar-refractivity contribution in [2.75, 3.05) is 12.9 Å². The zero-order valence-electron chi connectivity index (χ0n) is 15.3. The number of rotatable bonds is 9. The van der Waals surface area contributed by atoms with E-state index in [0.29, 0.717) is 22.5 Å². The highest BCUT2D eigenvalue weighted by molar-refractivity contribution is 7.86. The molecule has 1 aliphatic rings. The molecule has 0 amide bonds. The predicted molar refractivity (Wildman–Crippen MR) is 94.1 cm³/mol. The minimum absolute atomic E-state index is 0.109. The van der Waals surface area contributed by atoms with Crippen molar-refractivity contribution in [2.45, 2.75) is 83.5 Å². The molecule has 6 heteroatoms. The van der Waals surface area contributed by atoms with Gasteiger partial charge in [0.2, 0.25) is 0 Å². The topological polar surface area (TPSA) is 52.6 Å². The summed E-state index contributed by atoms with van der Waals surface area (Å²) in [5.41, 5.74) is 1.82. The summed E-state index contributed by atoms with van der Waals surface area (Å²) in [6.45, 7) is 14.6. The summed E-state index contributed by atoms with van der Waals surface area (Å²) in [7, 11) is -5.07. The second-order valence-corrected chi connectivity index (χ2v) is 14.8. The summed E-state index contributed by atoms with van der Waals surface area (Å²) in [6.07, 6.45) is 3.72. The van der Waals surface area contributed by atoms with Crippen LogP contribution < -0.4 is 0 Å². The first-order valence-corrected chi connectivity index (χ1v) is 12.5. The van der Waals surface area contributed by atoms with Gasteiger partial charge in [0.25, 0.3) is 10.1 Å². The maximum Gasteiger partial charge on any atom is 0.264 e. The highest BCUT2D eigenvalue weighted by Crippen LogP contribution is 2.43. The predicted octanol–water partition coefficient (Wildman–Crippen LogP) is 4.32. The zero-order chi connectivity index (χ0) is 17.1. The molecule has 0 aromatic rings. The standard InChI is InChI=1S/C16H34O4SSi/c1-12(2)22(13(3)4,14(5)6)19-9-8-15-10-16(11-15)20-21(7,17)18/h12-16H,8-11H2,1-7H3/t15-,16-. The maximum absolute atomic E-state index is 11.1. The summed E-state index contributed by atoms with van der Waals surface area (Å²) in [5, 5.41) is 0. The van der Waals surface area contributed by atoms with Crippen LogP contribution in [0.15, 0.2) is 0 Å². The second kappa shape index (κ2) is 7.77. The molecule has 0 N–H and O–H groups in total. The van der Waals surface area contributed by atoms with E-state index in [1.165, 1.54) is 0 Å². The quantitative estimate of drug-likeness (QED) is 0.459. The van der Waals surface area contributed by atoms with Gasteiger partial charge in [-0.05, 0) is 41.8 Å². The van der Waals surface area contributed by atoms with Crippen molar-refractivity contribution < 1.29 is 17.0 Å². The van der Waals surface area contributed by atoms with E-state index in [0.717, 1.165) is 32.1 Å². The van der Waals surface area contributed by atoms with Crippen LogP contribution in [-0.2, 0) is 18.7 Å². The van der Waals surface area contributed by atoms with Crippen molar-refractivity contribution in [1.29, 1.82) is 0 Å². The minimum Gasteiger partial charge on any atom is -0.416 e. The lowest BCUT2D eigenvalue weighted by Gasteiger charge is -2.43. The van der Waals surface area contributed by atoms with Crippen molar-refractivity contribution in [1.82, 2.24) is 0 Å². The molecule has 0 saturated heterocycles. The van der Waals surface area contributed by atoms with E-state index >= 15 is 0 Å². The van der Waals surface area contributed by atoms with E-state index in [9.17, 15) is 8.42 Å². The van der Waals surface area contributed by atoms with Crippen LogP contribution in [0.1, 0.15) is 60.8 Å². The molecule has 0 aromatic heterocycles. The van der Waals surface area contributed by atoms with Crippen LogP contribution in [0.2, 0.25) is 16.6 Å². The first kappa shape index (κ1) is 20.1. The molecule has 1 saturated carbocycles. The smallest absolute Gasteiger partial charge is 0.264 e. The van der Waals surface area contributed by atoms with Gasteiger partial charge >= 0.3 is 0 Å². The highest BCUT2D eigenvalue weighted by atomic mass is 32.2. The van der Waals surface area contributed by atoms with Gasteiger partial charge in [0.05, 0.1) is 12.4 Å². The molecule has 1 aliphatic carbocycles. The molecule has 22 heavy (non-hydrogen) atoms. The van der Waals surface area contributed by atoms with Gasteiger partial charge in [-0.3, -0.25) is 4.18 Å². The summed E-state index contributed by atoms with van der Waals surface area (Å²) in [5.74, 6) is 0.546. The van der Waals surface area contributed by atoms with Crippen LogP contribution in [0.25, 0.3) is 0 Å². The molecule has 0 bridgehead atoms. The van der Waals surface area contributed by atoms with Gasteiger partial charge in [-0.25, -0.2) is 0 Å². The third-order valence-electron chi connectivity index (χ3n) is 5.09. The maximum atomic E-state index is 11.1. The van der Waals surface area contributed by atoms with Crippen molar-refractivity contribution in [3.8, 4) is 0 Å². The van der Waals surface area contributed by atoms with Crippen molar-refractivity contribution >= 4 is 18.4 Å². The monoisotopic (exact) mass is 350 g/mol. The molecular formula is C16H34O4SSi. The molecule has 0 unspecified atom stereocenters.